The Morgan fingerprint density at radius 3 is 2.62 bits per heavy atom. The molecule has 2 aromatic rings. The second-order valence-electron chi connectivity index (χ2n) is 5.85. The van der Waals surface area contributed by atoms with E-state index in [0.717, 1.165) is 0 Å². The van der Waals surface area contributed by atoms with Crippen molar-refractivity contribution in [2.24, 2.45) is 0 Å². The highest BCUT2D eigenvalue weighted by molar-refractivity contribution is 6.31. The predicted octanol–water partition coefficient (Wildman–Crippen LogP) is 3.96. The fourth-order valence-corrected chi connectivity index (χ4v) is 2.64. The van der Waals surface area contributed by atoms with Gasteiger partial charge < -0.3 is 14.8 Å². The highest BCUT2D eigenvalue weighted by Crippen LogP contribution is 2.29. The van der Waals surface area contributed by atoms with Crippen molar-refractivity contribution in [2.75, 3.05) is 26.6 Å². The van der Waals surface area contributed by atoms with Crippen molar-refractivity contribution in [3.63, 3.8) is 0 Å². The van der Waals surface area contributed by atoms with Crippen molar-refractivity contribution in [1.82, 2.24) is 4.90 Å². The molecule has 0 saturated heterocycles. The summed E-state index contributed by atoms with van der Waals surface area (Å²) in [4.78, 5) is 14.3. The molecular weight excluding hydrogens is 359 g/mol. The van der Waals surface area contributed by atoms with Gasteiger partial charge in [0.25, 0.3) is 0 Å². The molecular formula is C19H22ClFN2O3. The fourth-order valence-electron chi connectivity index (χ4n) is 2.42. The molecule has 2 rings (SSSR count). The molecule has 26 heavy (non-hydrogen) atoms. The van der Waals surface area contributed by atoms with Crippen LogP contribution < -0.4 is 14.8 Å². The lowest BCUT2D eigenvalue weighted by Crippen LogP contribution is -2.39. The van der Waals surface area contributed by atoms with Crippen LogP contribution in [-0.4, -0.2) is 38.1 Å². The van der Waals surface area contributed by atoms with Crippen LogP contribution in [0.25, 0.3) is 0 Å². The Balaban J connectivity index is 2.12. The van der Waals surface area contributed by atoms with Gasteiger partial charge in [-0.3, -0.25) is 9.69 Å². The summed E-state index contributed by atoms with van der Waals surface area (Å²) in [5.74, 6) is 0.462. The Labute approximate surface area is 157 Å². The van der Waals surface area contributed by atoms with E-state index in [1.807, 2.05) is 0 Å². The number of likely N-dealkylation sites (N-methyl/N-ethyl adjacent to an activating group) is 1. The molecule has 5 nitrogen and oxygen atoms in total. The minimum atomic E-state index is -0.526. The Morgan fingerprint density at radius 2 is 2.00 bits per heavy atom. The minimum absolute atomic E-state index is 0.204. The van der Waals surface area contributed by atoms with Gasteiger partial charge in [0.05, 0.1) is 25.9 Å². The molecule has 0 bridgehead atoms. The highest BCUT2D eigenvalue weighted by atomic mass is 35.5. The van der Waals surface area contributed by atoms with E-state index in [-0.39, 0.29) is 12.5 Å². The monoisotopic (exact) mass is 380 g/mol. The molecule has 140 valence electrons. The molecule has 0 heterocycles. The molecule has 0 radical (unpaired) electrons. The van der Waals surface area contributed by atoms with E-state index in [2.05, 4.69) is 5.32 Å². The summed E-state index contributed by atoms with van der Waals surface area (Å²) < 4.78 is 24.4. The van der Waals surface area contributed by atoms with Crippen molar-refractivity contribution < 1.29 is 18.7 Å². The summed E-state index contributed by atoms with van der Waals surface area (Å²) >= 11 is 6.06. The van der Waals surface area contributed by atoms with E-state index in [1.54, 1.807) is 56.3 Å². The van der Waals surface area contributed by atoms with Gasteiger partial charge in [-0.05, 0) is 38.2 Å². The lowest BCUT2D eigenvalue weighted by molar-refractivity contribution is -0.120. The number of anilines is 1. The van der Waals surface area contributed by atoms with Crippen molar-refractivity contribution in [1.29, 1.82) is 0 Å². The van der Waals surface area contributed by atoms with Crippen LogP contribution in [0, 0.1) is 5.82 Å². The summed E-state index contributed by atoms with van der Waals surface area (Å²) in [7, 11) is 4.80. The summed E-state index contributed by atoms with van der Waals surface area (Å²) in [5, 5.41) is 3.15. The molecule has 0 saturated carbocycles. The summed E-state index contributed by atoms with van der Waals surface area (Å²) in [6.45, 7) is 1.94. The Bertz CT molecular complexity index is 765. The molecule has 0 aromatic heterocycles. The van der Waals surface area contributed by atoms with E-state index < -0.39 is 11.9 Å². The van der Waals surface area contributed by atoms with E-state index in [1.165, 1.54) is 13.2 Å². The second-order valence-corrected chi connectivity index (χ2v) is 6.25. The standard InChI is InChI=1S/C19H22ClFN2O3/c1-12(23(2)11-14-15(20)6-5-7-16(14)21)19(24)22-17-10-13(25-3)8-9-18(17)26-4/h5-10,12H,11H2,1-4H3,(H,22,24). The van der Waals surface area contributed by atoms with Gasteiger partial charge in [-0.25, -0.2) is 4.39 Å². The van der Waals surface area contributed by atoms with Crippen LogP contribution in [0.2, 0.25) is 5.02 Å². The van der Waals surface area contributed by atoms with Gasteiger partial charge >= 0.3 is 0 Å². The quantitative estimate of drug-likeness (QED) is 0.790. The first-order valence-corrected chi connectivity index (χ1v) is 8.41. The maximum atomic E-state index is 14.0. The summed E-state index contributed by atoms with van der Waals surface area (Å²) in [6, 6.07) is 9.12. The van der Waals surface area contributed by atoms with Crippen molar-refractivity contribution in [3.05, 3.63) is 52.8 Å². The molecule has 1 unspecified atom stereocenters. The average Bonchev–Trinajstić information content (AvgIpc) is 2.63. The molecule has 0 aliphatic heterocycles. The number of benzene rings is 2. The molecule has 0 aliphatic rings. The minimum Gasteiger partial charge on any atom is -0.497 e. The van der Waals surface area contributed by atoms with Gasteiger partial charge in [-0.15, -0.1) is 0 Å². The van der Waals surface area contributed by atoms with E-state index >= 15 is 0 Å². The molecule has 7 heteroatoms. The predicted molar refractivity (Wildman–Crippen MR) is 101 cm³/mol. The lowest BCUT2D eigenvalue weighted by Gasteiger charge is -2.25. The fraction of sp³-hybridized carbons (Fsp3) is 0.316. The van der Waals surface area contributed by atoms with Crippen LogP contribution in [0.4, 0.5) is 10.1 Å². The van der Waals surface area contributed by atoms with Gasteiger partial charge in [0, 0.05) is 23.2 Å². The van der Waals surface area contributed by atoms with Gasteiger partial charge in [-0.1, -0.05) is 17.7 Å². The molecule has 1 atom stereocenters. The molecule has 0 fully saturated rings. The Morgan fingerprint density at radius 1 is 1.27 bits per heavy atom. The largest absolute Gasteiger partial charge is 0.497 e. The number of nitrogens with one attached hydrogen (secondary N) is 1. The number of nitrogens with zero attached hydrogens (tertiary/aromatic N) is 1. The van der Waals surface area contributed by atoms with Crippen LogP contribution in [0.1, 0.15) is 12.5 Å². The number of hydrogen-bond acceptors (Lipinski definition) is 4. The first kappa shape index (κ1) is 20.0. The number of carbonyl (C=O) groups excluding carboxylic acids is 1. The zero-order chi connectivity index (χ0) is 19.3. The average molecular weight is 381 g/mol. The normalized spacial score (nSPS) is 12.0. The number of hydrogen-bond donors (Lipinski definition) is 1. The van der Waals surface area contributed by atoms with Crippen LogP contribution in [-0.2, 0) is 11.3 Å². The van der Waals surface area contributed by atoms with Crippen LogP contribution in [0.3, 0.4) is 0 Å². The summed E-state index contributed by atoms with van der Waals surface area (Å²) in [5.41, 5.74) is 0.858. The SMILES string of the molecule is COc1ccc(OC)c(NC(=O)C(C)N(C)Cc2c(F)cccc2Cl)c1. The Hall–Kier alpha value is -2.31. The molecule has 1 N–H and O–H groups in total. The second kappa shape index (κ2) is 8.87. The van der Waals surface area contributed by atoms with Crippen LogP contribution >= 0.6 is 11.6 Å². The number of ether oxygens (including phenoxy) is 2. The smallest absolute Gasteiger partial charge is 0.241 e. The van der Waals surface area contributed by atoms with Gasteiger partial charge in [0.2, 0.25) is 5.91 Å². The highest BCUT2D eigenvalue weighted by Gasteiger charge is 2.21. The number of halogens is 2. The summed E-state index contributed by atoms with van der Waals surface area (Å²) in [6.07, 6.45) is 0. The third-order valence-corrected chi connectivity index (χ3v) is 4.53. The topological polar surface area (TPSA) is 50.8 Å². The number of amides is 1. The zero-order valence-corrected chi connectivity index (χ0v) is 15.9. The first-order valence-electron chi connectivity index (χ1n) is 8.03. The van der Waals surface area contributed by atoms with Gasteiger partial charge in [-0.2, -0.15) is 0 Å². The van der Waals surface area contributed by atoms with E-state index in [9.17, 15) is 9.18 Å². The third-order valence-electron chi connectivity index (χ3n) is 4.17. The van der Waals surface area contributed by atoms with Gasteiger partial charge in [0.1, 0.15) is 17.3 Å². The molecule has 0 aliphatic carbocycles. The van der Waals surface area contributed by atoms with E-state index in [4.69, 9.17) is 21.1 Å². The maximum Gasteiger partial charge on any atom is 0.241 e. The number of methoxy groups -OCH3 is 2. The van der Waals surface area contributed by atoms with Crippen LogP contribution in [0.15, 0.2) is 36.4 Å². The van der Waals surface area contributed by atoms with Gasteiger partial charge in [0.15, 0.2) is 0 Å². The number of carbonyl (C=O) groups is 1. The molecule has 2 aromatic carbocycles. The zero-order valence-electron chi connectivity index (χ0n) is 15.2. The first-order chi connectivity index (χ1) is 12.4. The number of rotatable bonds is 7. The Kier molecular flexibility index (Phi) is 6.83. The lowest BCUT2D eigenvalue weighted by atomic mass is 10.1. The molecule has 1 amide bonds. The molecule has 0 spiro atoms. The van der Waals surface area contributed by atoms with Crippen molar-refractivity contribution in [3.8, 4) is 11.5 Å². The third kappa shape index (κ3) is 4.65. The van der Waals surface area contributed by atoms with Crippen LogP contribution in [0.5, 0.6) is 11.5 Å². The van der Waals surface area contributed by atoms with Crippen molar-refractivity contribution >= 4 is 23.2 Å². The maximum absolute atomic E-state index is 14.0. The van der Waals surface area contributed by atoms with Crippen molar-refractivity contribution in [2.45, 2.75) is 19.5 Å². The van der Waals surface area contributed by atoms with E-state index in [0.29, 0.717) is 27.8 Å².